The smallest absolute Gasteiger partial charge is 0.346 e. The average Bonchev–Trinajstić information content (AvgIpc) is 2.86. The summed E-state index contributed by atoms with van der Waals surface area (Å²) in [6.07, 6.45) is 2.53. The number of thioether (sulfide) groups is 1. The van der Waals surface area contributed by atoms with E-state index in [2.05, 4.69) is 20.8 Å². The van der Waals surface area contributed by atoms with Crippen molar-refractivity contribution >= 4 is 23.7 Å². The van der Waals surface area contributed by atoms with E-state index in [0.717, 1.165) is 12.8 Å². The fourth-order valence-electron chi connectivity index (χ4n) is 3.21. The van der Waals surface area contributed by atoms with Crippen LogP contribution in [0.1, 0.15) is 47.0 Å². The number of hydrogen-bond donors (Lipinski definition) is 0. The first-order valence-electron chi connectivity index (χ1n) is 8.01. The van der Waals surface area contributed by atoms with Gasteiger partial charge in [-0.3, -0.25) is 4.79 Å². The summed E-state index contributed by atoms with van der Waals surface area (Å²) in [6, 6.07) is 0. The molecule has 0 spiro atoms. The maximum atomic E-state index is 12.3. The van der Waals surface area contributed by atoms with Gasteiger partial charge in [-0.1, -0.05) is 27.2 Å². The molecule has 0 aromatic carbocycles. The van der Waals surface area contributed by atoms with Crippen LogP contribution >= 0.6 is 11.8 Å². The standard InChI is InChI=1S/C16H26O5S/c1-9(2)12-6-5-10(3)7-13(12)20-15(18)16-21-14(8-22-16)19-11(4)17/h9-10,12-14,16H,5-8H2,1-4H3/t10-,12?,13?,14+,16-/m1/s1. The van der Waals surface area contributed by atoms with Gasteiger partial charge in [0.15, 0.2) is 0 Å². The molecular formula is C16H26O5S. The highest BCUT2D eigenvalue weighted by Crippen LogP contribution is 2.36. The van der Waals surface area contributed by atoms with Crippen molar-refractivity contribution in [3.63, 3.8) is 0 Å². The highest BCUT2D eigenvalue weighted by molar-refractivity contribution is 8.00. The predicted octanol–water partition coefficient (Wildman–Crippen LogP) is 2.97. The Bertz CT molecular complexity index is 411. The first-order chi connectivity index (χ1) is 10.4. The van der Waals surface area contributed by atoms with Gasteiger partial charge in [0, 0.05) is 6.92 Å². The molecule has 1 saturated heterocycles. The van der Waals surface area contributed by atoms with E-state index in [1.807, 2.05) is 0 Å². The maximum absolute atomic E-state index is 12.3. The lowest BCUT2D eigenvalue weighted by Gasteiger charge is -2.37. The van der Waals surface area contributed by atoms with Crippen LogP contribution in [-0.2, 0) is 23.8 Å². The van der Waals surface area contributed by atoms with Crippen LogP contribution in [0.3, 0.4) is 0 Å². The lowest BCUT2D eigenvalue weighted by atomic mass is 9.75. The van der Waals surface area contributed by atoms with Crippen LogP contribution in [0.4, 0.5) is 0 Å². The first kappa shape index (κ1) is 17.6. The number of ether oxygens (including phenoxy) is 3. The van der Waals surface area contributed by atoms with Crippen molar-refractivity contribution in [1.82, 2.24) is 0 Å². The number of carbonyl (C=O) groups excluding carboxylic acids is 2. The van der Waals surface area contributed by atoms with E-state index >= 15 is 0 Å². The van der Waals surface area contributed by atoms with E-state index in [-0.39, 0.29) is 12.1 Å². The van der Waals surface area contributed by atoms with Gasteiger partial charge >= 0.3 is 11.9 Å². The average molecular weight is 330 g/mol. The molecule has 0 aromatic heterocycles. The van der Waals surface area contributed by atoms with Crippen molar-refractivity contribution in [3.8, 4) is 0 Å². The SMILES string of the molecule is CC(=O)O[C@@H]1CS[C@H](C(=O)OC2C[C@H](C)CCC2C(C)C)O1. The van der Waals surface area contributed by atoms with E-state index in [4.69, 9.17) is 14.2 Å². The highest BCUT2D eigenvalue weighted by Gasteiger charge is 2.39. The molecule has 0 N–H and O–H groups in total. The lowest BCUT2D eigenvalue weighted by molar-refractivity contribution is -0.185. The molecule has 5 atom stereocenters. The molecule has 6 heteroatoms. The summed E-state index contributed by atoms with van der Waals surface area (Å²) in [5.74, 6) is 1.21. The highest BCUT2D eigenvalue weighted by atomic mass is 32.2. The molecule has 2 rings (SSSR count). The second-order valence-electron chi connectivity index (χ2n) is 6.64. The number of carbonyl (C=O) groups is 2. The van der Waals surface area contributed by atoms with Crippen LogP contribution in [0, 0.1) is 17.8 Å². The molecule has 126 valence electrons. The van der Waals surface area contributed by atoms with Crippen molar-refractivity contribution in [2.75, 3.05) is 5.75 Å². The first-order valence-corrected chi connectivity index (χ1v) is 9.06. The number of rotatable bonds is 4. The minimum absolute atomic E-state index is 0.0341. The van der Waals surface area contributed by atoms with Crippen LogP contribution in [-0.4, -0.2) is 35.5 Å². The van der Waals surface area contributed by atoms with E-state index in [1.165, 1.54) is 25.1 Å². The molecule has 1 aliphatic heterocycles. The van der Waals surface area contributed by atoms with Crippen LogP contribution in [0.5, 0.6) is 0 Å². The molecule has 22 heavy (non-hydrogen) atoms. The van der Waals surface area contributed by atoms with Gasteiger partial charge in [0.25, 0.3) is 0 Å². The molecule has 1 saturated carbocycles. The Morgan fingerprint density at radius 2 is 1.95 bits per heavy atom. The zero-order valence-corrected chi connectivity index (χ0v) is 14.6. The van der Waals surface area contributed by atoms with Gasteiger partial charge in [0.2, 0.25) is 11.7 Å². The minimum Gasteiger partial charge on any atom is -0.459 e. The van der Waals surface area contributed by atoms with Crippen LogP contribution in [0.2, 0.25) is 0 Å². The Morgan fingerprint density at radius 3 is 2.59 bits per heavy atom. The van der Waals surface area contributed by atoms with Gasteiger partial charge in [-0.2, -0.15) is 0 Å². The van der Waals surface area contributed by atoms with Gasteiger partial charge in [0.1, 0.15) is 6.10 Å². The largest absolute Gasteiger partial charge is 0.459 e. The Balaban J connectivity index is 1.88. The van der Waals surface area contributed by atoms with Gasteiger partial charge in [-0.05, 0) is 30.6 Å². The topological polar surface area (TPSA) is 61.8 Å². The van der Waals surface area contributed by atoms with Gasteiger partial charge < -0.3 is 14.2 Å². The van der Waals surface area contributed by atoms with Crippen LogP contribution in [0.15, 0.2) is 0 Å². The van der Waals surface area contributed by atoms with Gasteiger partial charge in [-0.15, -0.1) is 11.8 Å². The Morgan fingerprint density at radius 1 is 1.23 bits per heavy atom. The summed E-state index contributed by atoms with van der Waals surface area (Å²) in [4.78, 5) is 23.2. The molecule has 0 bridgehead atoms. The second-order valence-corrected chi connectivity index (χ2v) is 7.74. The van der Waals surface area contributed by atoms with Crippen LogP contribution in [0.25, 0.3) is 0 Å². The summed E-state index contributed by atoms with van der Waals surface area (Å²) in [7, 11) is 0. The Labute approximate surface area is 136 Å². The lowest BCUT2D eigenvalue weighted by Crippen LogP contribution is -2.38. The van der Waals surface area contributed by atoms with Crippen molar-refractivity contribution in [2.24, 2.45) is 17.8 Å². The fraction of sp³-hybridized carbons (Fsp3) is 0.875. The van der Waals surface area contributed by atoms with Crippen molar-refractivity contribution in [1.29, 1.82) is 0 Å². The summed E-state index contributed by atoms with van der Waals surface area (Å²) >= 11 is 1.33. The maximum Gasteiger partial charge on any atom is 0.346 e. The normalized spacial score (nSPS) is 35.4. The number of hydrogen-bond acceptors (Lipinski definition) is 6. The quantitative estimate of drug-likeness (QED) is 0.739. The molecule has 2 unspecified atom stereocenters. The van der Waals surface area contributed by atoms with E-state index in [1.54, 1.807) is 0 Å². The van der Waals surface area contributed by atoms with E-state index in [0.29, 0.717) is 23.5 Å². The van der Waals surface area contributed by atoms with E-state index < -0.39 is 17.7 Å². The summed E-state index contributed by atoms with van der Waals surface area (Å²) in [5.41, 5.74) is -0.686. The summed E-state index contributed by atoms with van der Waals surface area (Å²) < 4.78 is 16.2. The molecule has 2 aliphatic rings. The minimum atomic E-state index is -0.686. The molecule has 0 radical (unpaired) electrons. The Hall–Kier alpha value is -0.750. The van der Waals surface area contributed by atoms with Crippen molar-refractivity contribution in [2.45, 2.75) is 64.8 Å². The third kappa shape index (κ3) is 4.62. The summed E-state index contributed by atoms with van der Waals surface area (Å²) in [5, 5.41) is 0. The fourth-order valence-corrected chi connectivity index (χ4v) is 4.08. The third-order valence-corrected chi connectivity index (χ3v) is 5.45. The Kier molecular flexibility index (Phi) is 6.15. The van der Waals surface area contributed by atoms with Gasteiger partial charge in [-0.25, -0.2) is 4.79 Å². The third-order valence-electron chi connectivity index (χ3n) is 4.38. The predicted molar refractivity (Wildman–Crippen MR) is 84.1 cm³/mol. The second kappa shape index (κ2) is 7.68. The molecule has 2 fully saturated rings. The van der Waals surface area contributed by atoms with Gasteiger partial charge in [0.05, 0.1) is 5.75 Å². The molecular weight excluding hydrogens is 304 g/mol. The van der Waals surface area contributed by atoms with Crippen molar-refractivity contribution in [3.05, 3.63) is 0 Å². The van der Waals surface area contributed by atoms with E-state index in [9.17, 15) is 9.59 Å². The molecule has 0 aromatic rings. The monoisotopic (exact) mass is 330 g/mol. The summed E-state index contributed by atoms with van der Waals surface area (Å²) in [6.45, 7) is 7.89. The molecule has 1 heterocycles. The molecule has 0 amide bonds. The zero-order chi connectivity index (χ0) is 16.3. The number of esters is 2. The zero-order valence-electron chi connectivity index (χ0n) is 13.7. The molecule has 1 aliphatic carbocycles. The molecule has 5 nitrogen and oxygen atoms in total. The van der Waals surface area contributed by atoms with Crippen LogP contribution < -0.4 is 0 Å². The van der Waals surface area contributed by atoms with Crippen molar-refractivity contribution < 1.29 is 23.8 Å².